The minimum Gasteiger partial charge on any atom is -0.300 e. The molecule has 0 bridgehead atoms. The summed E-state index contributed by atoms with van der Waals surface area (Å²) in [6, 6.07) is 1.63. The Labute approximate surface area is 137 Å². The predicted molar refractivity (Wildman–Crippen MR) is 87.9 cm³/mol. The van der Waals surface area contributed by atoms with Crippen molar-refractivity contribution in [3.8, 4) is 0 Å². The van der Waals surface area contributed by atoms with Crippen LogP contribution in [0, 0.1) is 0 Å². The Morgan fingerprint density at radius 1 is 1.17 bits per heavy atom. The van der Waals surface area contributed by atoms with Gasteiger partial charge in [0.25, 0.3) is 5.56 Å². The maximum atomic E-state index is 12.2. The molecule has 0 atom stereocenters. The van der Waals surface area contributed by atoms with Gasteiger partial charge in [-0.1, -0.05) is 0 Å². The van der Waals surface area contributed by atoms with E-state index >= 15 is 0 Å². The second-order valence-corrected chi connectivity index (χ2v) is 7.19. The zero-order valence-electron chi connectivity index (χ0n) is 12.8. The Hall–Kier alpha value is -2.02. The van der Waals surface area contributed by atoms with E-state index in [1.54, 1.807) is 6.07 Å². The molecule has 0 aromatic carbocycles. The molecule has 0 saturated heterocycles. The third kappa shape index (κ3) is 2.93. The van der Waals surface area contributed by atoms with E-state index in [9.17, 15) is 9.59 Å². The van der Waals surface area contributed by atoms with E-state index in [4.69, 9.17) is 0 Å². The van der Waals surface area contributed by atoms with Gasteiger partial charge in [-0.05, 0) is 50.5 Å². The maximum absolute atomic E-state index is 12.2. The first-order valence-corrected chi connectivity index (χ1v) is 8.89. The van der Waals surface area contributed by atoms with Crippen molar-refractivity contribution in [3.63, 3.8) is 0 Å². The van der Waals surface area contributed by atoms with Gasteiger partial charge < -0.3 is 5.32 Å². The van der Waals surface area contributed by atoms with Crippen molar-refractivity contribution >= 4 is 22.4 Å². The van der Waals surface area contributed by atoms with Crippen molar-refractivity contribution < 1.29 is 4.79 Å². The van der Waals surface area contributed by atoms with E-state index in [0.29, 0.717) is 5.13 Å². The van der Waals surface area contributed by atoms with Crippen LogP contribution in [0.2, 0.25) is 0 Å². The summed E-state index contributed by atoms with van der Waals surface area (Å²) in [6.07, 6.45) is 7.19. The molecule has 2 aliphatic carbocycles. The summed E-state index contributed by atoms with van der Waals surface area (Å²) in [4.78, 5) is 30.0. The van der Waals surface area contributed by atoms with Gasteiger partial charge in [0.2, 0.25) is 5.91 Å². The quantitative estimate of drug-likeness (QED) is 0.929. The van der Waals surface area contributed by atoms with Crippen molar-refractivity contribution in [1.29, 1.82) is 0 Å². The van der Waals surface area contributed by atoms with Gasteiger partial charge in [-0.2, -0.15) is 5.10 Å². The fourth-order valence-electron chi connectivity index (χ4n) is 3.25. The minimum absolute atomic E-state index is 0.0592. The fourth-order valence-corrected chi connectivity index (χ4v) is 4.32. The third-order valence-corrected chi connectivity index (χ3v) is 5.48. The van der Waals surface area contributed by atoms with Gasteiger partial charge >= 0.3 is 0 Å². The Morgan fingerprint density at radius 2 is 2.00 bits per heavy atom. The summed E-state index contributed by atoms with van der Waals surface area (Å²) < 4.78 is 1.26. The monoisotopic (exact) mass is 330 g/mol. The maximum Gasteiger partial charge on any atom is 0.267 e. The molecule has 2 aromatic heterocycles. The van der Waals surface area contributed by atoms with Crippen LogP contribution in [0.25, 0.3) is 0 Å². The fraction of sp³-hybridized carbons (Fsp3) is 0.500. The zero-order valence-corrected chi connectivity index (χ0v) is 13.6. The van der Waals surface area contributed by atoms with E-state index in [-0.39, 0.29) is 18.0 Å². The molecule has 23 heavy (non-hydrogen) atoms. The molecular formula is C16H18N4O2S. The second kappa shape index (κ2) is 5.88. The van der Waals surface area contributed by atoms with Gasteiger partial charge in [-0.15, -0.1) is 11.3 Å². The van der Waals surface area contributed by atoms with E-state index in [0.717, 1.165) is 61.9 Å². The number of nitrogens with one attached hydrogen (secondary N) is 1. The van der Waals surface area contributed by atoms with E-state index in [1.165, 1.54) is 20.9 Å². The highest BCUT2D eigenvalue weighted by molar-refractivity contribution is 7.15. The molecule has 2 aromatic rings. The smallest absolute Gasteiger partial charge is 0.267 e. The van der Waals surface area contributed by atoms with Crippen molar-refractivity contribution in [3.05, 3.63) is 38.2 Å². The van der Waals surface area contributed by atoms with Crippen LogP contribution >= 0.6 is 11.3 Å². The van der Waals surface area contributed by atoms with Gasteiger partial charge in [0.05, 0.1) is 11.4 Å². The van der Waals surface area contributed by atoms with Crippen LogP contribution in [-0.4, -0.2) is 20.7 Å². The van der Waals surface area contributed by atoms with Crippen LogP contribution in [0.15, 0.2) is 10.9 Å². The molecule has 1 amide bonds. The van der Waals surface area contributed by atoms with Gasteiger partial charge in [0.15, 0.2) is 5.13 Å². The summed E-state index contributed by atoms with van der Waals surface area (Å²) in [5, 5.41) is 7.80. The lowest BCUT2D eigenvalue weighted by atomic mass is 9.97. The molecule has 1 N–H and O–H groups in total. The number of hydrogen-bond donors (Lipinski definition) is 1. The van der Waals surface area contributed by atoms with Crippen LogP contribution in [-0.2, 0) is 37.0 Å². The largest absolute Gasteiger partial charge is 0.300 e. The van der Waals surface area contributed by atoms with E-state index in [2.05, 4.69) is 15.4 Å². The van der Waals surface area contributed by atoms with Gasteiger partial charge in [0.1, 0.15) is 6.54 Å². The van der Waals surface area contributed by atoms with Gasteiger partial charge in [0, 0.05) is 10.9 Å². The van der Waals surface area contributed by atoms with Crippen molar-refractivity contribution in [2.75, 3.05) is 5.32 Å². The first-order chi connectivity index (χ1) is 11.2. The van der Waals surface area contributed by atoms with E-state index in [1.807, 2.05) is 0 Å². The first kappa shape index (κ1) is 14.6. The number of amides is 1. The highest BCUT2D eigenvalue weighted by Crippen LogP contribution is 2.30. The number of aryl methyl sites for hydroxylation is 4. The van der Waals surface area contributed by atoms with Crippen LogP contribution in [0.3, 0.4) is 0 Å². The van der Waals surface area contributed by atoms with Gasteiger partial charge in [-0.3, -0.25) is 9.59 Å². The molecule has 0 saturated carbocycles. The number of nitrogens with zero attached hydrogens (tertiary/aromatic N) is 3. The molecule has 2 heterocycles. The lowest BCUT2D eigenvalue weighted by Crippen LogP contribution is -2.31. The molecule has 0 unspecified atom stereocenters. The topological polar surface area (TPSA) is 76.9 Å². The van der Waals surface area contributed by atoms with Crippen LogP contribution in [0.5, 0.6) is 0 Å². The Balaban J connectivity index is 1.48. The molecule has 0 fully saturated rings. The highest BCUT2D eigenvalue weighted by Gasteiger charge is 2.19. The molecular weight excluding hydrogens is 312 g/mol. The summed E-state index contributed by atoms with van der Waals surface area (Å²) >= 11 is 1.54. The standard InChI is InChI=1S/C16H18N4O2S/c21-14(18-16-17-12-6-3-7-13(12)23-16)9-20-15(22)8-10-4-1-2-5-11(10)19-20/h8H,1-7,9H2,(H,17,18,21). The number of rotatable bonds is 3. The summed E-state index contributed by atoms with van der Waals surface area (Å²) in [7, 11) is 0. The Kier molecular flexibility index (Phi) is 3.72. The van der Waals surface area contributed by atoms with Gasteiger partial charge in [-0.25, -0.2) is 9.67 Å². The number of hydrogen-bond acceptors (Lipinski definition) is 5. The van der Waals surface area contributed by atoms with Crippen molar-refractivity contribution in [2.24, 2.45) is 0 Å². The summed E-state index contributed by atoms with van der Waals surface area (Å²) in [5.41, 5.74) is 2.89. The lowest BCUT2D eigenvalue weighted by molar-refractivity contribution is -0.117. The molecule has 120 valence electrons. The van der Waals surface area contributed by atoms with Crippen LogP contribution in [0.4, 0.5) is 5.13 Å². The molecule has 6 nitrogen and oxygen atoms in total. The highest BCUT2D eigenvalue weighted by atomic mass is 32.1. The van der Waals surface area contributed by atoms with Crippen LogP contribution in [0.1, 0.15) is 41.1 Å². The number of fused-ring (bicyclic) bond motifs is 2. The number of aromatic nitrogens is 3. The Morgan fingerprint density at radius 3 is 2.87 bits per heavy atom. The average molecular weight is 330 g/mol. The summed E-state index contributed by atoms with van der Waals surface area (Å²) in [5.74, 6) is -0.247. The number of carbonyl (C=O) groups excluding carboxylic acids is 1. The number of anilines is 1. The predicted octanol–water partition coefficient (Wildman–Crippen LogP) is 1.71. The minimum atomic E-state index is -0.247. The number of carbonyl (C=O) groups is 1. The molecule has 7 heteroatoms. The summed E-state index contributed by atoms with van der Waals surface area (Å²) in [6.45, 7) is -0.0592. The van der Waals surface area contributed by atoms with Crippen molar-refractivity contribution in [1.82, 2.24) is 14.8 Å². The van der Waals surface area contributed by atoms with E-state index < -0.39 is 0 Å². The number of thiazole rings is 1. The average Bonchev–Trinajstić information content (AvgIpc) is 3.09. The molecule has 0 spiro atoms. The molecule has 0 aliphatic heterocycles. The normalized spacial score (nSPS) is 16.0. The zero-order chi connectivity index (χ0) is 15.8. The Bertz CT molecular complexity index is 802. The SMILES string of the molecule is O=C(Cn1nc2c(cc1=O)CCCC2)Nc1nc2c(s1)CCC2. The van der Waals surface area contributed by atoms with Crippen LogP contribution < -0.4 is 10.9 Å². The first-order valence-electron chi connectivity index (χ1n) is 8.07. The third-order valence-electron chi connectivity index (χ3n) is 4.41. The molecule has 4 rings (SSSR count). The second-order valence-electron chi connectivity index (χ2n) is 6.11. The molecule has 0 radical (unpaired) electrons. The van der Waals surface area contributed by atoms with Crippen molar-refractivity contribution in [2.45, 2.75) is 51.5 Å². The molecule has 2 aliphatic rings. The lowest BCUT2D eigenvalue weighted by Gasteiger charge is -2.15.